The lowest BCUT2D eigenvalue weighted by molar-refractivity contribution is -0.159. The van der Waals surface area contributed by atoms with Crippen LogP contribution in [0, 0.1) is 0 Å². The van der Waals surface area contributed by atoms with Crippen LogP contribution in [0.4, 0.5) is 4.79 Å². The Kier molecular flexibility index (Phi) is 3.74. The highest BCUT2D eigenvalue weighted by atomic mass is 16.6. The molecule has 1 aliphatic rings. The fraction of sp³-hybridized carbons (Fsp3) is 0.800. The van der Waals surface area contributed by atoms with E-state index < -0.39 is 23.8 Å². The van der Waals surface area contributed by atoms with Gasteiger partial charge in [-0.15, -0.1) is 0 Å². The Morgan fingerprint density at radius 1 is 1.44 bits per heavy atom. The molecule has 0 aliphatic carbocycles. The second-order valence-corrected chi connectivity index (χ2v) is 4.66. The van der Waals surface area contributed by atoms with Gasteiger partial charge in [-0.2, -0.15) is 0 Å². The average Bonchev–Trinajstić information content (AvgIpc) is 2.15. The Morgan fingerprint density at radius 3 is 2.44 bits per heavy atom. The molecule has 0 saturated carbocycles. The van der Waals surface area contributed by atoms with Crippen LogP contribution in [0.2, 0.25) is 0 Å². The predicted molar refractivity (Wildman–Crippen MR) is 54.9 cm³/mol. The van der Waals surface area contributed by atoms with E-state index in [1.54, 1.807) is 20.8 Å². The number of rotatable bonds is 1. The van der Waals surface area contributed by atoms with Crippen molar-refractivity contribution in [3.8, 4) is 0 Å². The van der Waals surface area contributed by atoms with Gasteiger partial charge in [0, 0.05) is 13.0 Å². The minimum Gasteiger partial charge on any atom is -0.479 e. The van der Waals surface area contributed by atoms with E-state index in [0.717, 1.165) is 0 Å². The SMILES string of the molecule is CC(C)(C)OC(=O)N1CC[C@H](C(=O)O)OC1. The van der Waals surface area contributed by atoms with Crippen molar-refractivity contribution in [2.24, 2.45) is 0 Å². The van der Waals surface area contributed by atoms with Crippen molar-refractivity contribution in [2.75, 3.05) is 13.3 Å². The van der Waals surface area contributed by atoms with Crippen LogP contribution < -0.4 is 0 Å². The number of hydrogen-bond donors (Lipinski definition) is 1. The van der Waals surface area contributed by atoms with Gasteiger partial charge in [-0.25, -0.2) is 9.59 Å². The van der Waals surface area contributed by atoms with Gasteiger partial charge in [0.2, 0.25) is 0 Å². The number of aliphatic carboxylic acids is 1. The molecule has 1 amide bonds. The van der Waals surface area contributed by atoms with Crippen molar-refractivity contribution in [1.29, 1.82) is 0 Å². The fourth-order valence-corrected chi connectivity index (χ4v) is 1.27. The molecular weight excluding hydrogens is 214 g/mol. The molecule has 0 bridgehead atoms. The molecule has 0 aromatic heterocycles. The Hall–Kier alpha value is -1.30. The summed E-state index contributed by atoms with van der Waals surface area (Å²) >= 11 is 0. The zero-order chi connectivity index (χ0) is 12.3. The van der Waals surface area contributed by atoms with Crippen molar-refractivity contribution < 1.29 is 24.2 Å². The molecule has 0 spiro atoms. The van der Waals surface area contributed by atoms with E-state index >= 15 is 0 Å². The first kappa shape index (κ1) is 12.8. The lowest BCUT2D eigenvalue weighted by Gasteiger charge is -2.32. The van der Waals surface area contributed by atoms with E-state index in [1.165, 1.54) is 4.90 Å². The van der Waals surface area contributed by atoms with Crippen LogP contribution in [0.3, 0.4) is 0 Å². The van der Waals surface area contributed by atoms with Gasteiger partial charge in [0.25, 0.3) is 0 Å². The molecule has 92 valence electrons. The summed E-state index contributed by atoms with van der Waals surface area (Å²) in [5, 5.41) is 8.69. The molecule has 0 aromatic rings. The first-order chi connectivity index (χ1) is 7.29. The standard InChI is InChI=1S/C10H17NO5/c1-10(2,3)16-9(14)11-5-4-7(8(12)13)15-6-11/h7H,4-6H2,1-3H3,(H,12,13)/t7-/m1/s1. The summed E-state index contributed by atoms with van der Waals surface area (Å²) in [6.07, 6.45) is -1.01. The molecule has 1 heterocycles. The minimum absolute atomic E-state index is 0.0358. The maximum absolute atomic E-state index is 11.6. The number of carbonyl (C=O) groups excluding carboxylic acids is 1. The Labute approximate surface area is 94.1 Å². The topological polar surface area (TPSA) is 76.1 Å². The van der Waals surface area contributed by atoms with E-state index in [0.29, 0.717) is 6.54 Å². The highest BCUT2D eigenvalue weighted by molar-refractivity contribution is 5.73. The summed E-state index contributed by atoms with van der Waals surface area (Å²) in [6, 6.07) is 0. The molecule has 0 aromatic carbocycles. The predicted octanol–water partition coefficient (Wildman–Crippen LogP) is 1.05. The van der Waals surface area contributed by atoms with Crippen LogP contribution in [0.1, 0.15) is 27.2 Å². The second-order valence-electron chi connectivity index (χ2n) is 4.66. The molecule has 1 rings (SSSR count). The van der Waals surface area contributed by atoms with Gasteiger partial charge in [0.1, 0.15) is 12.3 Å². The fourth-order valence-electron chi connectivity index (χ4n) is 1.27. The number of ether oxygens (including phenoxy) is 2. The molecule has 0 unspecified atom stereocenters. The first-order valence-electron chi connectivity index (χ1n) is 5.12. The quantitative estimate of drug-likeness (QED) is 0.730. The third-order valence-electron chi connectivity index (χ3n) is 2.02. The summed E-state index contributed by atoms with van der Waals surface area (Å²) in [4.78, 5) is 23.5. The Morgan fingerprint density at radius 2 is 2.06 bits per heavy atom. The van der Waals surface area contributed by atoms with Crippen LogP contribution in [-0.4, -0.2) is 47.0 Å². The van der Waals surface area contributed by atoms with Gasteiger partial charge in [-0.3, -0.25) is 4.90 Å². The number of carbonyl (C=O) groups is 2. The summed E-state index contributed by atoms with van der Waals surface area (Å²) in [5.74, 6) is -0.996. The highest BCUT2D eigenvalue weighted by Crippen LogP contribution is 2.14. The van der Waals surface area contributed by atoms with E-state index in [2.05, 4.69) is 0 Å². The third-order valence-corrected chi connectivity index (χ3v) is 2.02. The van der Waals surface area contributed by atoms with Gasteiger partial charge in [0.15, 0.2) is 6.10 Å². The largest absolute Gasteiger partial charge is 0.479 e. The summed E-state index contributed by atoms with van der Waals surface area (Å²) < 4.78 is 10.1. The lowest BCUT2D eigenvalue weighted by atomic mass is 10.2. The maximum Gasteiger partial charge on any atom is 0.412 e. The first-order valence-corrected chi connectivity index (χ1v) is 5.12. The average molecular weight is 231 g/mol. The van der Waals surface area contributed by atoms with Gasteiger partial charge < -0.3 is 14.6 Å². The molecule has 0 radical (unpaired) electrons. The molecule has 1 aliphatic heterocycles. The Bertz CT molecular complexity index is 275. The lowest BCUT2D eigenvalue weighted by Crippen LogP contribution is -2.46. The number of hydrogen-bond acceptors (Lipinski definition) is 4. The summed E-state index contributed by atoms with van der Waals surface area (Å²) in [5.41, 5.74) is -0.555. The normalized spacial score (nSPS) is 21.7. The van der Waals surface area contributed by atoms with Gasteiger partial charge >= 0.3 is 12.1 Å². The highest BCUT2D eigenvalue weighted by Gasteiger charge is 2.30. The van der Waals surface area contributed by atoms with E-state index in [9.17, 15) is 9.59 Å². The molecule has 6 heteroatoms. The molecule has 1 N–H and O–H groups in total. The van der Waals surface area contributed by atoms with Crippen LogP contribution in [0.15, 0.2) is 0 Å². The van der Waals surface area contributed by atoms with E-state index in [-0.39, 0.29) is 13.2 Å². The molecular formula is C10H17NO5. The summed E-state index contributed by atoms with van der Waals surface area (Å²) in [7, 11) is 0. The molecule has 1 fully saturated rings. The molecule has 6 nitrogen and oxygen atoms in total. The van der Waals surface area contributed by atoms with Crippen molar-refractivity contribution in [2.45, 2.75) is 38.9 Å². The van der Waals surface area contributed by atoms with Crippen LogP contribution >= 0.6 is 0 Å². The van der Waals surface area contributed by atoms with Crippen molar-refractivity contribution in [3.63, 3.8) is 0 Å². The number of carboxylic acid groups (broad SMARTS) is 1. The van der Waals surface area contributed by atoms with Crippen molar-refractivity contribution >= 4 is 12.1 Å². The van der Waals surface area contributed by atoms with E-state index in [4.69, 9.17) is 14.6 Å². The monoisotopic (exact) mass is 231 g/mol. The second kappa shape index (κ2) is 4.69. The zero-order valence-electron chi connectivity index (χ0n) is 9.73. The van der Waals surface area contributed by atoms with Gasteiger partial charge in [0.05, 0.1) is 0 Å². The smallest absolute Gasteiger partial charge is 0.412 e. The number of nitrogens with zero attached hydrogens (tertiary/aromatic N) is 1. The summed E-state index contributed by atoms with van der Waals surface area (Å²) in [6.45, 7) is 5.62. The van der Waals surface area contributed by atoms with Gasteiger partial charge in [-0.1, -0.05) is 0 Å². The maximum atomic E-state index is 11.6. The van der Waals surface area contributed by atoms with Crippen LogP contribution in [0.25, 0.3) is 0 Å². The molecule has 16 heavy (non-hydrogen) atoms. The van der Waals surface area contributed by atoms with Crippen molar-refractivity contribution in [1.82, 2.24) is 4.90 Å². The van der Waals surface area contributed by atoms with Gasteiger partial charge in [-0.05, 0) is 20.8 Å². The zero-order valence-corrected chi connectivity index (χ0v) is 9.73. The third kappa shape index (κ3) is 3.69. The van der Waals surface area contributed by atoms with Crippen LogP contribution in [-0.2, 0) is 14.3 Å². The van der Waals surface area contributed by atoms with Crippen molar-refractivity contribution in [3.05, 3.63) is 0 Å². The Balaban J connectivity index is 2.42. The minimum atomic E-state index is -0.996. The van der Waals surface area contributed by atoms with Crippen LogP contribution in [0.5, 0.6) is 0 Å². The van der Waals surface area contributed by atoms with E-state index in [1.807, 2.05) is 0 Å². The number of amides is 1. The number of carboxylic acids is 1. The molecule has 1 atom stereocenters. The molecule has 1 saturated heterocycles.